The van der Waals surface area contributed by atoms with Gasteiger partial charge in [-0.25, -0.2) is 0 Å². The Hall–Kier alpha value is -1.46. The SMILES string of the molecule is CCC1CN(c2ccc(C(N)=NO)cc2Cl)CCN1C. The van der Waals surface area contributed by atoms with Crippen LogP contribution in [0, 0.1) is 0 Å². The summed E-state index contributed by atoms with van der Waals surface area (Å²) in [6.45, 7) is 5.15. The molecule has 0 radical (unpaired) electrons. The molecule has 0 aliphatic carbocycles. The summed E-state index contributed by atoms with van der Waals surface area (Å²) in [4.78, 5) is 4.68. The van der Waals surface area contributed by atoms with Crippen LogP contribution in [0.5, 0.6) is 0 Å². The van der Waals surface area contributed by atoms with Crippen LogP contribution in [-0.4, -0.2) is 48.7 Å². The lowest BCUT2D eigenvalue weighted by Gasteiger charge is -2.40. The van der Waals surface area contributed by atoms with Gasteiger partial charge in [-0.3, -0.25) is 4.90 Å². The zero-order chi connectivity index (χ0) is 14.7. The molecule has 1 fully saturated rings. The van der Waals surface area contributed by atoms with Gasteiger partial charge in [0.05, 0.1) is 10.7 Å². The van der Waals surface area contributed by atoms with Crippen LogP contribution in [0.3, 0.4) is 0 Å². The maximum atomic E-state index is 8.70. The lowest BCUT2D eigenvalue weighted by Crippen LogP contribution is -2.51. The number of nitrogens with zero attached hydrogens (tertiary/aromatic N) is 3. The van der Waals surface area contributed by atoms with E-state index in [1.807, 2.05) is 12.1 Å². The third kappa shape index (κ3) is 2.99. The molecule has 20 heavy (non-hydrogen) atoms. The van der Waals surface area contributed by atoms with E-state index in [1.165, 1.54) is 0 Å². The molecular formula is C14H21ClN4O. The second kappa shape index (κ2) is 6.33. The highest BCUT2D eigenvalue weighted by atomic mass is 35.5. The molecular weight excluding hydrogens is 276 g/mol. The minimum Gasteiger partial charge on any atom is -0.409 e. The van der Waals surface area contributed by atoms with Crippen molar-refractivity contribution in [3.8, 4) is 0 Å². The predicted molar refractivity (Wildman–Crippen MR) is 82.9 cm³/mol. The summed E-state index contributed by atoms with van der Waals surface area (Å²) in [7, 11) is 2.16. The van der Waals surface area contributed by atoms with E-state index in [4.69, 9.17) is 22.5 Å². The standard InChI is InChI=1S/C14H21ClN4O/c1-3-11-9-19(7-6-18(11)2)13-5-4-10(8-12(13)15)14(16)17-20/h4-5,8,11,20H,3,6-7,9H2,1-2H3,(H2,16,17). The highest BCUT2D eigenvalue weighted by Gasteiger charge is 2.24. The van der Waals surface area contributed by atoms with E-state index in [1.54, 1.807) is 6.07 Å². The fourth-order valence-electron chi connectivity index (χ4n) is 2.59. The molecule has 1 aliphatic heterocycles. The fourth-order valence-corrected chi connectivity index (χ4v) is 2.89. The predicted octanol–water partition coefficient (Wildman–Crippen LogP) is 1.96. The number of amidine groups is 1. The molecule has 2 rings (SSSR count). The van der Waals surface area contributed by atoms with Gasteiger partial charge < -0.3 is 15.8 Å². The zero-order valence-corrected chi connectivity index (χ0v) is 12.6. The van der Waals surface area contributed by atoms with Crippen LogP contribution in [-0.2, 0) is 0 Å². The maximum Gasteiger partial charge on any atom is 0.170 e. The number of anilines is 1. The van der Waals surface area contributed by atoms with Crippen LogP contribution in [0.4, 0.5) is 5.69 Å². The Morgan fingerprint density at radius 2 is 2.25 bits per heavy atom. The fraction of sp³-hybridized carbons (Fsp3) is 0.500. The highest BCUT2D eigenvalue weighted by Crippen LogP contribution is 2.29. The van der Waals surface area contributed by atoms with Crippen molar-refractivity contribution in [1.82, 2.24) is 4.90 Å². The largest absolute Gasteiger partial charge is 0.409 e. The molecule has 0 bridgehead atoms. The zero-order valence-electron chi connectivity index (χ0n) is 11.9. The van der Waals surface area contributed by atoms with Gasteiger partial charge in [0.15, 0.2) is 5.84 Å². The van der Waals surface area contributed by atoms with Crippen molar-refractivity contribution in [2.24, 2.45) is 10.9 Å². The second-order valence-electron chi connectivity index (χ2n) is 5.14. The van der Waals surface area contributed by atoms with Crippen LogP contribution in [0.2, 0.25) is 5.02 Å². The Bertz CT molecular complexity index is 506. The van der Waals surface area contributed by atoms with Gasteiger partial charge in [0, 0.05) is 31.2 Å². The Morgan fingerprint density at radius 1 is 1.50 bits per heavy atom. The second-order valence-corrected chi connectivity index (χ2v) is 5.55. The van der Waals surface area contributed by atoms with Gasteiger partial charge in [0.2, 0.25) is 0 Å². The van der Waals surface area contributed by atoms with Crippen LogP contribution in [0.25, 0.3) is 0 Å². The molecule has 0 aromatic heterocycles. The van der Waals surface area contributed by atoms with E-state index < -0.39 is 0 Å². The lowest BCUT2D eigenvalue weighted by atomic mass is 10.1. The molecule has 6 heteroatoms. The molecule has 1 aromatic rings. The first-order chi connectivity index (χ1) is 9.56. The molecule has 1 unspecified atom stereocenters. The Labute approximate surface area is 124 Å². The van der Waals surface area contributed by atoms with Gasteiger partial charge in [-0.1, -0.05) is 23.7 Å². The van der Waals surface area contributed by atoms with Gasteiger partial charge >= 0.3 is 0 Å². The smallest absolute Gasteiger partial charge is 0.170 e. The highest BCUT2D eigenvalue weighted by molar-refractivity contribution is 6.33. The topological polar surface area (TPSA) is 65.1 Å². The molecule has 3 N–H and O–H groups in total. The quantitative estimate of drug-likeness (QED) is 0.387. The number of likely N-dealkylation sites (N-methyl/N-ethyl adjacent to an activating group) is 1. The number of oxime groups is 1. The minimum absolute atomic E-state index is 0.0725. The van der Waals surface area contributed by atoms with Crippen molar-refractivity contribution in [1.29, 1.82) is 0 Å². The van der Waals surface area contributed by atoms with E-state index >= 15 is 0 Å². The Balaban J connectivity index is 2.21. The molecule has 1 aliphatic rings. The van der Waals surface area contributed by atoms with Gasteiger partial charge in [-0.15, -0.1) is 0 Å². The van der Waals surface area contributed by atoms with Crippen LogP contribution < -0.4 is 10.6 Å². The van der Waals surface area contributed by atoms with Crippen molar-refractivity contribution in [3.63, 3.8) is 0 Å². The summed E-state index contributed by atoms with van der Waals surface area (Å²) in [5, 5.41) is 12.3. The van der Waals surface area contributed by atoms with E-state index in [-0.39, 0.29) is 5.84 Å². The Kier molecular flexibility index (Phi) is 4.73. The Morgan fingerprint density at radius 3 is 2.85 bits per heavy atom. The lowest BCUT2D eigenvalue weighted by molar-refractivity contribution is 0.213. The summed E-state index contributed by atoms with van der Waals surface area (Å²) < 4.78 is 0. The van der Waals surface area contributed by atoms with Gasteiger partial charge in [-0.2, -0.15) is 0 Å². The normalized spacial score (nSPS) is 21.2. The number of hydrogen-bond acceptors (Lipinski definition) is 4. The number of nitrogens with two attached hydrogens (primary N) is 1. The summed E-state index contributed by atoms with van der Waals surface area (Å²) in [5.41, 5.74) is 7.21. The number of halogens is 1. The first kappa shape index (κ1) is 14.9. The molecule has 110 valence electrons. The molecule has 1 aromatic carbocycles. The number of benzene rings is 1. The molecule has 1 saturated heterocycles. The van der Waals surface area contributed by atoms with Gasteiger partial charge in [0.1, 0.15) is 0 Å². The molecule has 5 nitrogen and oxygen atoms in total. The van der Waals surface area contributed by atoms with Crippen LogP contribution in [0.1, 0.15) is 18.9 Å². The van der Waals surface area contributed by atoms with Crippen molar-refractivity contribution < 1.29 is 5.21 Å². The molecule has 1 atom stereocenters. The van der Waals surface area contributed by atoms with Gasteiger partial charge in [-0.05, 0) is 31.7 Å². The summed E-state index contributed by atoms with van der Waals surface area (Å²) in [6.07, 6.45) is 1.12. The molecule has 1 heterocycles. The number of hydrogen-bond donors (Lipinski definition) is 2. The number of rotatable bonds is 3. The van der Waals surface area contributed by atoms with Crippen molar-refractivity contribution in [2.45, 2.75) is 19.4 Å². The first-order valence-electron chi connectivity index (χ1n) is 6.79. The van der Waals surface area contributed by atoms with Crippen molar-refractivity contribution in [2.75, 3.05) is 31.6 Å². The van der Waals surface area contributed by atoms with Crippen molar-refractivity contribution >= 4 is 23.1 Å². The molecule has 0 spiro atoms. The van der Waals surface area contributed by atoms with E-state index in [0.29, 0.717) is 16.6 Å². The maximum absolute atomic E-state index is 8.70. The van der Waals surface area contributed by atoms with Crippen molar-refractivity contribution in [3.05, 3.63) is 28.8 Å². The average Bonchev–Trinajstić information content (AvgIpc) is 2.47. The monoisotopic (exact) mass is 296 g/mol. The molecule has 0 saturated carbocycles. The first-order valence-corrected chi connectivity index (χ1v) is 7.17. The van der Waals surface area contributed by atoms with E-state index in [0.717, 1.165) is 31.7 Å². The van der Waals surface area contributed by atoms with Crippen LogP contribution in [0.15, 0.2) is 23.4 Å². The number of piperazine rings is 1. The van der Waals surface area contributed by atoms with Crippen LogP contribution >= 0.6 is 11.6 Å². The van der Waals surface area contributed by atoms with E-state index in [2.05, 4.69) is 28.9 Å². The average molecular weight is 297 g/mol. The summed E-state index contributed by atoms with van der Waals surface area (Å²) >= 11 is 6.34. The third-order valence-electron chi connectivity index (χ3n) is 3.94. The summed E-state index contributed by atoms with van der Waals surface area (Å²) in [6, 6.07) is 6.05. The summed E-state index contributed by atoms with van der Waals surface area (Å²) in [5.74, 6) is 0.0725. The minimum atomic E-state index is 0.0725. The third-order valence-corrected chi connectivity index (χ3v) is 4.24. The molecule has 0 amide bonds. The van der Waals surface area contributed by atoms with E-state index in [9.17, 15) is 0 Å². The van der Waals surface area contributed by atoms with Gasteiger partial charge in [0.25, 0.3) is 0 Å².